The number of hydrogen-bond donors (Lipinski definition) is 1. The number of aliphatic hydroxyl groups excluding tert-OH is 1. The average molecular weight is 966 g/mol. The molecule has 0 spiro atoms. The predicted molar refractivity (Wildman–Crippen MR) is 263 cm³/mol. The molecule has 6 aliphatic rings. The monoisotopic (exact) mass is 967 g/mol. The molecular formula is C44H84B6O18. The van der Waals surface area contributed by atoms with E-state index in [9.17, 15) is 5.11 Å². The maximum atomic E-state index is 9.92. The van der Waals surface area contributed by atoms with Gasteiger partial charge in [0.2, 0.25) is 0 Å². The molecule has 18 unspecified atom stereocenters. The third-order valence-corrected chi connectivity index (χ3v) is 14.9. The molecule has 6 heterocycles. The first-order valence-corrected chi connectivity index (χ1v) is 25.8. The second-order valence-corrected chi connectivity index (χ2v) is 19.9. The van der Waals surface area contributed by atoms with Crippen molar-refractivity contribution in [2.24, 2.45) is 23.7 Å². The van der Waals surface area contributed by atoms with Crippen LogP contribution in [0.3, 0.4) is 0 Å². The number of rotatable bonds is 29. The second kappa shape index (κ2) is 31.4. The van der Waals surface area contributed by atoms with Gasteiger partial charge in [-0.05, 0) is 84.0 Å². The fraction of sp³-hybridized carbons (Fsp3) is 1.00. The number of aliphatic hydroxyl groups is 1. The molecule has 6 rings (SSSR count). The molecule has 0 bridgehead atoms. The summed E-state index contributed by atoms with van der Waals surface area (Å²) in [6, 6.07) is 0. The molecule has 6 saturated heterocycles. The minimum absolute atomic E-state index is 0.00583. The standard InChI is InChI=1S/C44H84B6O18/c1-27-36(67-49)10-8-32(61-27)18-52-14-28-2-6-34(63-38(28)23-57-45)20-55-17-31-5-13-44(66-41(31)26-60-48)56-22-42-37(68-50)11-9-35(64-42)21-53-15-29-3-7-33(62-39(29)24-58-46)19-54-16-30-4-12-43(51)65-40(30)25-59-47/h27-44,51H,2-26,45-50H2,1H3. The molecule has 0 aromatic rings. The van der Waals surface area contributed by atoms with Gasteiger partial charge in [0.25, 0.3) is 48.3 Å². The summed E-state index contributed by atoms with van der Waals surface area (Å²) in [7, 11) is 10.2. The lowest BCUT2D eigenvalue weighted by Crippen LogP contribution is -2.47. The number of hydrogen-bond acceptors (Lipinski definition) is 18. The lowest BCUT2D eigenvalue weighted by atomic mass is 9.92. The SMILES string of the molecule is BOCC1OC(O)CCC1COCC1CCC(COCC2CCC(OB)C(COC3CCC(COCC4CCC(COCC5CCC(OB)C(C)O5)C(COB)O4)C(COB)O3)O2)C(COB)O1. The Morgan fingerprint density at radius 1 is 0.368 bits per heavy atom. The van der Waals surface area contributed by atoms with Gasteiger partial charge in [-0.3, -0.25) is 0 Å². The Hall–Kier alpha value is -0.330. The van der Waals surface area contributed by atoms with E-state index >= 15 is 0 Å². The molecule has 0 radical (unpaired) electrons. The highest BCUT2D eigenvalue weighted by atomic mass is 16.7. The Kier molecular flexibility index (Phi) is 26.3. The van der Waals surface area contributed by atoms with E-state index in [0.29, 0.717) is 92.3 Å². The quantitative estimate of drug-likeness (QED) is 0.0805. The normalized spacial score (nSPS) is 39.4. The van der Waals surface area contributed by atoms with E-state index in [0.717, 1.165) is 70.6 Å². The van der Waals surface area contributed by atoms with Crippen LogP contribution in [-0.4, -0.2) is 225 Å². The lowest BCUT2D eigenvalue weighted by Gasteiger charge is -2.40. The van der Waals surface area contributed by atoms with Crippen LogP contribution in [0.15, 0.2) is 0 Å². The van der Waals surface area contributed by atoms with Crippen LogP contribution in [-0.2, 0) is 80.0 Å². The average Bonchev–Trinajstić information content (AvgIpc) is 3.34. The van der Waals surface area contributed by atoms with Gasteiger partial charge in [0.05, 0.1) is 153 Å². The Balaban J connectivity index is 0.858. The minimum atomic E-state index is -0.739. The first-order valence-electron chi connectivity index (χ1n) is 25.8. The van der Waals surface area contributed by atoms with Crippen LogP contribution < -0.4 is 0 Å². The third kappa shape index (κ3) is 18.3. The molecule has 0 saturated carbocycles. The van der Waals surface area contributed by atoms with Crippen molar-refractivity contribution in [1.82, 2.24) is 0 Å². The van der Waals surface area contributed by atoms with Crippen LogP contribution in [0.4, 0.5) is 0 Å². The van der Waals surface area contributed by atoms with E-state index in [1.807, 2.05) is 0 Å². The predicted octanol–water partition coefficient (Wildman–Crippen LogP) is -2.13. The Labute approximate surface area is 411 Å². The van der Waals surface area contributed by atoms with Crippen molar-refractivity contribution in [2.45, 2.75) is 170 Å². The lowest BCUT2D eigenvalue weighted by molar-refractivity contribution is -0.243. The summed E-state index contributed by atoms with van der Waals surface area (Å²) in [5, 5.41) is 9.92. The van der Waals surface area contributed by atoms with Crippen molar-refractivity contribution in [3.63, 3.8) is 0 Å². The van der Waals surface area contributed by atoms with Crippen LogP contribution in [0.25, 0.3) is 0 Å². The largest absolute Gasteiger partial charge is 0.441 e. The zero-order valence-electron chi connectivity index (χ0n) is 42.5. The van der Waals surface area contributed by atoms with Crippen molar-refractivity contribution in [3.05, 3.63) is 0 Å². The number of ether oxygens (including phenoxy) is 11. The first-order chi connectivity index (χ1) is 33.2. The van der Waals surface area contributed by atoms with Gasteiger partial charge in [0, 0.05) is 23.7 Å². The molecule has 0 aromatic heterocycles. The van der Waals surface area contributed by atoms with Gasteiger partial charge in [-0.25, -0.2) is 0 Å². The highest BCUT2D eigenvalue weighted by Gasteiger charge is 2.38. The molecule has 6 aliphatic heterocycles. The summed E-state index contributed by atoms with van der Waals surface area (Å²) >= 11 is 0. The smallest absolute Gasteiger partial charge is 0.257 e. The second-order valence-electron chi connectivity index (χ2n) is 19.9. The summed E-state index contributed by atoms with van der Waals surface area (Å²) in [6.45, 7) is 8.66. The van der Waals surface area contributed by atoms with Crippen molar-refractivity contribution < 1.29 is 85.1 Å². The van der Waals surface area contributed by atoms with Gasteiger partial charge in [-0.1, -0.05) is 0 Å². The molecule has 68 heavy (non-hydrogen) atoms. The summed E-state index contributed by atoms with van der Waals surface area (Å²) in [5.74, 6) is 0.799. The topological polar surface area (TPSA) is 177 Å². The summed E-state index contributed by atoms with van der Waals surface area (Å²) < 4.78 is 103. The van der Waals surface area contributed by atoms with Crippen LogP contribution in [0.5, 0.6) is 0 Å². The molecule has 6 fully saturated rings. The van der Waals surface area contributed by atoms with Crippen LogP contribution in [0.2, 0.25) is 0 Å². The van der Waals surface area contributed by atoms with Gasteiger partial charge < -0.3 is 85.1 Å². The summed E-state index contributed by atoms with van der Waals surface area (Å²) in [4.78, 5) is 0. The molecular weight excluding hydrogens is 881 g/mol. The first kappa shape index (κ1) is 57.0. The molecule has 0 aliphatic carbocycles. The van der Waals surface area contributed by atoms with E-state index in [1.54, 1.807) is 48.3 Å². The molecule has 0 amide bonds. The van der Waals surface area contributed by atoms with Crippen molar-refractivity contribution in [1.29, 1.82) is 0 Å². The fourth-order valence-corrected chi connectivity index (χ4v) is 10.9. The molecule has 1 N–H and O–H groups in total. The van der Waals surface area contributed by atoms with Crippen LogP contribution >= 0.6 is 0 Å². The summed E-state index contributed by atoms with van der Waals surface area (Å²) in [6.07, 6.45) is 8.72. The van der Waals surface area contributed by atoms with Gasteiger partial charge in [0.15, 0.2) is 12.6 Å². The van der Waals surface area contributed by atoms with Crippen molar-refractivity contribution >= 4 is 48.3 Å². The molecule has 18 nitrogen and oxygen atoms in total. The highest BCUT2D eigenvalue weighted by molar-refractivity contribution is 5.98. The van der Waals surface area contributed by atoms with Crippen molar-refractivity contribution in [3.8, 4) is 0 Å². The van der Waals surface area contributed by atoms with Gasteiger partial charge >= 0.3 is 0 Å². The van der Waals surface area contributed by atoms with E-state index in [4.69, 9.17) is 80.0 Å². The van der Waals surface area contributed by atoms with Gasteiger partial charge in [-0.15, -0.1) is 0 Å². The zero-order chi connectivity index (χ0) is 48.1. The van der Waals surface area contributed by atoms with Crippen LogP contribution in [0, 0.1) is 23.7 Å². The maximum absolute atomic E-state index is 9.92. The van der Waals surface area contributed by atoms with Crippen molar-refractivity contribution in [2.75, 3.05) is 85.9 Å². The van der Waals surface area contributed by atoms with Gasteiger partial charge in [0.1, 0.15) is 6.10 Å². The fourth-order valence-electron chi connectivity index (χ4n) is 10.9. The molecule has 24 heteroatoms. The van der Waals surface area contributed by atoms with E-state index in [-0.39, 0.29) is 103 Å². The van der Waals surface area contributed by atoms with Gasteiger partial charge in [-0.2, -0.15) is 0 Å². The van der Waals surface area contributed by atoms with E-state index in [2.05, 4.69) is 6.92 Å². The molecule has 386 valence electrons. The molecule has 0 aromatic carbocycles. The Morgan fingerprint density at radius 3 is 1.21 bits per heavy atom. The Morgan fingerprint density at radius 2 is 0.750 bits per heavy atom. The Bertz CT molecular complexity index is 1350. The zero-order valence-corrected chi connectivity index (χ0v) is 42.5. The summed E-state index contributed by atoms with van der Waals surface area (Å²) in [5.41, 5.74) is 0. The van der Waals surface area contributed by atoms with Crippen LogP contribution in [0.1, 0.15) is 84.0 Å². The highest BCUT2D eigenvalue weighted by Crippen LogP contribution is 2.32. The maximum Gasteiger partial charge on any atom is 0.257 e. The molecule has 18 atom stereocenters. The minimum Gasteiger partial charge on any atom is -0.441 e. The van der Waals surface area contributed by atoms with E-state index in [1.165, 1.54) is 0 Å². The van der Waals surface area contributed by atoms with E-state index < -0.39 is 6.29 Å². The third-order valence-electron chi connectivity index (χ3n) is 14.9.